The van der Waals surface area contributed by atoms with Crippen LogP contribution in [0.25, 0.3) is 0 Å². The number of rotatable bonds is 6. The van der Waals surface area contributed by atoms with E-state index in [-0.39, 0.29) is 11.6 Å². The van der Waals surface area contributed by atoms with E-state index < -0.39 is 5.97 Å². The Morgan fingerprint density at radius 3 is 1.95 bits per heavy atom. The summed E-state index contributed by atoms with van der Waals surface area (Å²) in [5, 5.41) is 0. The summed E-state index contributed by atoms with van der Waals surface area (Å²) in [6, 6.07) is 11.6. The van der Waals surface area contributed by atoms with Crippen LogP contribution in [0.4, 0.5) is 4.39 Å². The SMILES string of the molecule is CCCCOC(=O)c1ccc(C(=O)c2ccc(F)cc2)cc1. The minimum absolute atomic E-state index is 0.217. The summed E-state index contributed by atoms with van der Waals surface area (Å²) in [5.41, 5.74) is 1.25. The van der Waals surface area contributed by atoms with E-state index in [9.17, 15) is 14.0 Å². The largest absolute Gasteiger partial charge is 0.462 e. The van der Waals surface area contributed by atoms with E-state index in [4.69, 9.17) is 4.74 Å². The van der Waals surface area contributed by atoms with E-state index in [0.717, 1.165) is 12.8 Å². The molecule has 3 nitrogen and oxygen atoms in total. The smallest absolute Gasteiger partial charge is 0.338 e. The van der Waals surface area contributed by atoms with Gasteiger partial charge >= 0.3 is 5.97 Å². The standard InChI is InChI=1S/C18H17FO3/c1-2-3-12-22-18(21)15-6-4-13(5-7-15)17(20)14-8-10-16(19)11-9-14/h4-11H,2-3,12H2,1H3. The van der Waals surface area contributed by atoms with E-state index >= 15 is 0 Å². The molecule has 114 valence electrons. The molecular weight excluding hydrogens is 283 g/mol. The van der Waals surface area contributed by atoms with Crippen molar-refractivity contribution in [2.75, 3.05) is 6.61 Å². The first kappa shape index (κ1) is 15.9. The molecule has 4 heteroatoms. The fourth-order valence-electron chi connectivity index (χ4n) is 1.92. The molecule has 0 bridgehead atoms. The molecule has 2 aromatic rings. The summed E-state index contributed by atoms with van der Waals surface area (Å²) in [7, 11) is 0. The molecule has 0 heterocycles. The van der Waals surface area contributed by atoms with Gasteiger partial charge in [-0.1, -0.05) is 25.5 Å². The number of esters is 1. The van der Waals surface area contributed by atoms with Gasteiger partial charge in [0.1, 0.15) is 5.82 Å². The maximum absolute atomic E-state index is 12.9. The second kappa shape index (κ2) is 7.50. The van der Waals surface area contributed by atoms with Gasteiger partial charge in [-0.25, -0.2) is 9.18 Å². The number of halogens is 1. The monoisotopic (exact) mass is 300 g/mol. The number of hydrogen-bond acceptors (Lipinski definition) is 3. The quantitative estimate of drug-likeness (QED) is 0.460. The Morgan fingerprint density at radius 2 is 1.41 bits per heavy atom. The number of benzene rings is 2. The Morgan fingerprint density at radius 1 is 0.909 bits per heavy atom. The second-order valence-corrected chi connectivity index (χ2v) is 4.90. The van der Waals surface area contributed by atoms with E-state index in [1.54, 1.807) is 24.3 Å². The van der Waals surface area contributed by atoms with Gasteiger partial charge < -0.3 is 4.74 Å². The van der Waals surface area contributed by atoms with Crippen LogP contribution in [0.5, 0.6) is 0 Å². The second-order valence-electron chi connectivity index (χ2n) is 4.90. The van der Waals surface area contributed by atoms with Gasteiger partial charge in [-0.15, -0.1) is 0 Å². The van der Waals surface area contributed by atoms with Gasteiger partial charge in [0.2, 0.25) is 0 Å². The topological polar surface area (TPSA) is 43.4 Å². The maximum Gasteiger partial charge on any atom is 0.338 e. The molecular formula is C18H17FO3. The number of carbonyl (C=O) groups excluding carboxylic acids is 2. The Kier molecular flexibility index (Phi) is 5.42. The number of unbranched alkanes of at least 4 members (excludes halogenated alkanes) is 1. The molecule has 0 aromatic heterocycles. The van der Waals surface area contributed by atoms with Crippen LogP contribution in [0.2, 0.25) is 0 Å². The molecule has 0 spiro atoms. The highest BCUT2D eigenvalue weighted by Gasteiger charge is 2.11. The van der Waals surface area contributed by atoms with Crippen molar-refractivity contribution in [2.45, 2.75) is 19.8 Å². The molecule has 0 aliphatic heterocycles. The molecule has 22 heavy (non-hydrogen) atoms. The van der Waals surface area contributed by atoms with Crippen LogP contribution in [0, 0.1) is 5.82 Å². The average Bonchev–Trinajstić information content (AvgIpc) is 2.55. The Balaban J connectivity index is 2.06. The Labute approximate surface area is 128 Å². The number of carbonyl (C=O) groups is 2. The normalized spacial score (nSPS) is 10.3. The van der Waals surface area contributed by atoms with Gasteiger partial charge in [0.15, 0.2) is 5.78 Å². The molecule has 2 rings (SSSR count). The molecule has 0 atom stereocenters. The lowest BCUT2D eigenvalue weighted by molar-refractivity contribution is 0.0499. The van der Waals surface area contributed by atoms with Gasteiger partial charge in [0.25, 0.3) is 0 Å². The summed E-state index contributed by atoms with van der Waals surface area (Å²) in [4.78, 5) is 24.0. The fourth-order valence-corrected chi connectivity index (χ4v) is 1.92. The first-order chi connectivity index (χ1) is 10.6. The summed E-state index contributed by atoms with van der Waals surface area (Å²) < 4.78 is 18.0. The van der Waals surface area contributed by atoms with Crippen molar-refractivity contribution >= 4 is 11.8 Å². The maximum atomic E-state index is 12.9. The van der Waals surface area contributed by atoms with Crippen LogP contribution in [0.3, 0.4) is 0 Å². The minimum atomic E-state index is -0.394. The van der Waals surface area contributed by atoms with Crippen molar-refractivity contribution in [3.05, 3.63) is 71.0 Å². The molecule has 0 aliphatic rings. The van der Waals surface area contributed by atoms with Crippen LogP contribution in [0.1, 0.15) is 46.0 Å². The van der Waals surface area contributed by atoms with Crippen molar-refractivity contribution < 1.29 is 18.7 Å². The molecule has 0 N–H and O–H groups in total. The van der Waals surface area contributed by atoms with Crippen molar-refractivity contribution in [1.29, 1.82) is 0 Å². The highest BCUT2D eigenvalue weighted by atomic mass is 19.1. The van der Waals surface area contributed by atoms with Gasteiger partial charge in [-0.05, 0) is 42.8 Å². The minimum Gasteiger partial charge on any atom is -0.462 e. The van der Waals surface area contributed by atoms with Crippen LogP contribution in [0.15, 0.2) is 48.5 Å². The van der Waals surface area contributed by atoms with Crippen molar-refractivity contribution in [3.63, 3.8) is 0 Å². The van der Waals surface area contributed by atoms with E-state index in [2.05, 4.69) is 0 Å². The number of ketones is 1. The molecule has 2 aromatic carbocycles. The molecule has 0 aliphatic carbocycles. The highest BCUT2D eigenvalue weighted by Crippen LogP contribution is 2.13. The Bertz CT molecular complexity index is 645. The summed E-state index contributed by atoms with van der Waals surface area (Å²) in [5.74, 6) is -0.998. The van der Waals surface area contributed by atoms with E-state index in [1.165, 1.54) is 24.3 Å². The van der Waals surface area contributed by atoms with Gasteiger partial charge in [0.05, 0.1) is 12.2 Å². The lowest BCUT2D eigenvalue weighted by Gasteiger charge is -2.05. The molecule has 0 unspecified atom stereocenters. The first-order valence-electron chi connectivity index (χ1n) is 7.19. The third-order valence-corrected chi connectivity index (χ3v) is 3.22. The average molecular weight is 300 g/mol. The van der Waals surface area contributed by atoms with Gasteiger partial charge in [-0.2, -0.15) is 0 Å². The molecule has 0 amide bonds. The lowest BCUT2D eigenvalue weighted by Crippen LogP contribution is -2.07. The summed E-state index contributed by atoms with van der Waals surface area (Å²) >= 11 is 0. The summed E-state index contributed by atoms with van der Waals surface area (Å²) in [6.07, 6.45) is 1.78. The fraction of sp³-hybridized carbons (Fsp3) is 0.222. The first-order valence-corrected chi connectivity index (χ1v) is 7.19. The molecule has 0 fully saturated rings. The zero-order chi connectivity index (χ0) is 15.9. The van der Waals surface area contributed by atoms with Crippen LogP contribution in [-0.2, 0) is 4.74 Å². The van der Waals surface area contributed by atoms with Crippen LogP contribution >= 0.6 is 0 Å². The number of hydrogen-bond donors (Lipinski definition) is 0. The lowest BCUT2D eigenvalue weighted by atomic mass is 10.0. The van der Waals surface area contributed by atoms with Crippen molar-refractivity contribution in [2.24, 2.45) is 0 Å². The summed E-state index contributed by atoms with van der Waals surface area (Å²) in [6.45, 7) is 2.41. The predicted molar refractivity (Wildman–Crippen MR) is 81.5 cm³/mol. The predicted octanol–water partition coefficient (Wildman–Crippen LogP) is 4.01. The van der Waals surface area contributed by atoms with E-state index in [1.807, 2.05) is 6.92 Å². The van der Waals surface area contributed by atoms with Crippen molar-refractivity contribution in [3.8, 4) is 0 Å². The number of ether oxygens (including phenoxy) is 1. The molecule has 0 saturated heterocycles. The zero-order valence-electron chi connectivity index (χ0n) is 12.3. The van der Waals surface area contributed by atoms with Gasteiger partial charge in [0, 0.05) is 11.1 Å². The Hall–Kier alpha value is -2.49. The van der Waals surface area contributed by atoms with E-state index in [0.29, 0.717) is 23.3 Å². The molecule has 0 radical (unpaired) electrons. The van der Waals surface area contributed by atoms with Crippen LogP contribution < -0.4 is 0 Å². The van der Waals surface area contributed by atoms with Crippen molar-refractivity contribution in [1.82, 2.24) is 0 Å². The third kappa shape index (κ3) is 4.01. The van der Waals surface area contributed by atoms with Crippen LogP contribution in [-0.4, -0.2) is 18.4 Å². The third-order valence-electron chi connectivity index (χ3n) is 3.22. The van der Waals surface area contributed by atoms with Gasteiger partial charge in [-0.3, -0.25) is 4.79 Å². The highest BCUT2D eigenvalue weighted by molar-refractivity contribution is 6.09. The molecule has 0 saturated carbocycles. The zero-order valence-corrected chi connectivity index (χ0v) is 12.3.